The molecule has 1 aliphatic carbocycles. The molecule has 19 heavy (non-hydrogen) atoms. The van der Waals surface area contributed by atoms with Crippen LogP contribution in [0.2, 0.25) is 0 Å². The van der Waals surface area contributed by atoms with Crippen LogP contribution in [0.15, 0.2) is 0 Å². The van der Waals surface area contributed by atoms with Crippen molar-refractivity contribution < 1.29 is 9.90 Å². The normalized spacial score (nSPS) is 16.5. The van der Waals surface area contributed by atoms with Crippen molar-refractivity contribution in [1.29, 1.82) is 0 Å². The van der Waals surface area contributed by atoms with E-state index >= 15 is 0 Å². The van der Waals surface area contributed by atoms with E-state index in [1.165, 1.54) is 43.6 Å². The van der Waals surface area contributed by atoms with Gasteiger partial charge in [-0.2, -0.15) is 4.37 Å². The lowest BCUT2D eigenvalue weighted by Crippen LogP contribution is -2.30. The van der Waals surface area contributed by atoms with Gasteiger partial charge in [-0.05, 0) is 19.3 Å². The van der Waals surface area contributed by atoms with E-state index in [9.17, 15) is 4.79 Å². The number of carbonyl (C=O) groups is 1. The Morgan fingerprint density at radius 1 is 1.42 bits per heavy atom. The van der Waals surface area contributed by atoms with Crippen molar-refractivity contribution in [2.75, 3.05) is 18.0 Å². The molecule has 0 bridgehead atoms. The Labute approximate surface area is 117 Å². The minimum Gasteiger partial charge on any atom is -0.480 e. The number of carboxylic acid groups (broad SMARTS) is 1. The molecule has 0 aliphatic heterocycles. The van der Waals surface area contributed by atoms with E-state index < -0.39 is 5.97 Å². The first-order chi connectivity index (χ1) is 9.20. The molecule has 1 aliphatic rings. The number of aliphatic carboxylic acids is 1. The van der Waals surface area contributed by atoms with E-state index in [-0.39, 0.29) is 6.54 Å². The van der Waals surface area contributed by atoms with Crippen LogP contribution >= 0.6 is 11.5 Å². The van der Waals surface area contributed by atoms with Gasteiger partial charge in [0, 0.05) is 24.0 Å². The van der Waals surface area contributed by atoms with Crippen LogP contribution in [0.3, 0.4) is 0 Å². The van der Waals surface area contributed by atoms with Crippen LogP contribution < -0.4 is 4.90 Å². The molecule has 0 aromatic carbocycles. The van der Waals surface area contributed by atoms with Gasteiger partial charge >= 0.3 is 5.97 Å². The topological polar surface area (TPSA) is 66.3 Å². The summed E-state index contributed by atoms with van der Waals surface area (Å²) in [6.07, 6.45) is 7.08. The first-order valence-electron chi connectivity index (χ1n) is 7.01. The lowest BCUT2D eigenvalue weighted by molar-refractivity contribution is -0.135. The summed E-state index contributed by atoms with van der Waals surface area (Å²) >= 11 is 1.33. The molecule has 0 spiro atoms. The minimum absolute atomic E-state index is 0.00708. The van der Waals surface area contributed by atoms with Gasteiger partial charge in [0.25, 0.3) is 0 Å². The lowest BCUT2D eigenvalue weighted by Gasteiger charge is -2.19. The molecule has 0 radical (unpaired) electrons. The second-order valence-electron chi connectivity index (χ2n) is 5.09. The van der Waals surface area contributed by atoms with Gasteiger partial charge in [0.2, 0.25) is 5.13 Å². The summed E-state index contributed by atoms with van der Waals surface area (Å²) in [5, 5.41) is 9.70. The van der Waals surface area contributed by atoms with E-state index in [0.717, 1.165) is 17.4 Å². The fourth-order valence-corrected chi connectivity index (χ4v) is 3.33. The molecule has 0 amide bonds. The third-order valence-corrected chi connectivity index (χ3v) is 4.28. The van der Waals surface area contributed by atoms with Gasteiger partial charge in [-0.3, -0.25) is 4.79 Å². The molecule has 0 saturated heterocycles. The highest BCUT2D eigenvalue weighted by Crippen LogP contribution is 2.33. The Bertz CT molecular complexity index is 416. The summed E-state index contributed by atoms with van der Waals surface area (Å²) in [6.45, 7) is 2.76. The first-order valence-corrected chi connectivity index (χ1v) is 7.78. The predicted octanol–water partition coefficient (Wildman–Crippen LogP) is 2.89. The summed E-state index contributed by atoms with van der Waals surface area (Å²) in [5.74, 6) is 0.584. The molecule has 2 rings (SSSR count). The second kappa shape index (κ2) is 6.84. The van der Waals surface area contributed by atoms with Crippen LogP contribution in [-0.4, -0.2) is 33.5 Å². The average Bonchev–Trinajstić information content (AvgIpc) is 2.88. The van der Waals surface area contributed by atoms with Crippen LogP contribution in [0.4, 0.5) is 5.13 Å². The molecule has 1 fully saturated rings. The quantitative estimate of drug-likeness (QED) is 0.869. The number of carboxylic acids is 1. The SMILES string of the molecule is CCCN(CC(=O)O)c1nc(C2CCCCC2)ns1. The van der Waals surface area contributed by atoms with Crippen molar-refractivity contribution in [2.45, 2.75) is 51.4 Å². The predicted molar refractivity (Wildman–Crippen MR) is 75.9 cm³/mol. The molecule has 1 saturated carbocycles. The third-order valence-electron chi connectivity index (χ3n) is 3.49. The Morgan fingerprint density at radius 2 is 2.16 bits per heavy atom. The maximum atomic E-state index is 10.9. The molecule has 1 aromatic rings. The largest absolute Gasteiger partial charge is 0.480 e. The van der Waals surface area contributed by atoms with E-state index in [0.29, 0.717) is 12.5 Å². The Morgan fingerprint density at radius 3 is 2.79 bits per heavy atom. The van der Waals surface area contributed by atoms with E-state index in [2.05, 4.69) is 9.36 Å². The van der Waals surface area contributed by atoms with Crippen LogP contribution in [-0.2, 0) is 4.79 Å². The van der Waals surface area contributed by atoms with E-state index in [1.54, 1.807) is 0 Å². The molecule has 6 heteroatoms. The van der Waals surface area contributed by atoms with Crippen molar-refractivity contribution in [3.63, 3.8) is 0 Å². The molecule has 1 heterocycles. The molecular formula is C13H21N3O2S. The van der Waals surface area contributed by atoms with Gasteiger partial charge < -0.3 is 10.0 Å². The number of nitrogens with zero attached hydrogens (tertiary/aromatic N) is 3. The van der Waals surface area contributed by atoms with Crippen LogP contribution in [0, 0.1) is 0 Å². The van der Waals surface area contributed by atoms with Crippen LogP contribution in [0.1, 0.15) is 57.2 Å². The molecule has 1 aromatic heterocycles. The lowest BCUT2D eigenvalue weighted by atomic mass is 9.89. The van der Waals surface area contributed by atoms with Crippen LogP contribution in [0.5, 0.6) is 0 Å². The molecular weight excluding hydrogens is 262 g/mol. The zero-order valence-corrected chi connectivity index (χ0v) is 12.2. The second-order valence-corrected chi connectivity index (χ2v) is 5.82. The number of rotatable bonds is 6. The Kier molecular flexibility index (Phi) is 5.13. The molecule has 5 nitrogen and oxygen atoms in total. The minimum atomic E-state index is -0.817. The van der Waals surface area contributed by atoms with Gasteiger partial charge in [0.15, 0.2) is 0 Å². The van der Waals surface area contributed by atoms with Crippen molar-refractivity contribution >= 4 is 22.6 Å². The van der Waals surface area contributed by atoms with Gasteiger partial charge in [-0.15, -0.1) is 0 Å². The number of hydrogen-bond acceptors (Lipinski definition) is 5. The summed E-state index contributed by atoms with van der Waals surface area (Å²) < 4.78 is 4.45. The standard InChI is InChI=1S/C13H21N3O2S/c1-2-8-16(9-11(17)18)13-14-12(15-19-13)10-6-4-3-5-7-10/h10H,2-9H2,1H3,(H,17,18). The highest BCUT2D eigenvalue weighted by atomic mass is 32.1. The fourth-order valence-electron chi connectivity index (χ4n) is 2.56. The molecule has 0 unspecified atom stereocenters. The monoisotopic (exact) mass is 283 g/mol. The number of hydrogen-bond donors (Lipinski definition) is 1. The fraction of sp³-hybridized carbons (Fsp3) is 0.769. The van der Waals surface area contributed by atoms with Crippen molar-refractivity contribution in [2.24, 2.45) is 0 Å². The Balaban J connectivity index is 2.06. The number of anilines is 1. The summed E-state index contributed by atoms with van der Waals surface area (Å²) in [4.78, 5) is 17.3. The van der Waals surface area contributed by atoms with Gasteiger partial charge in [0.05, 0.1) is 0 Å². The average molecular weight is 283 g/mol. The van der Waals surface area contributed by atoms with Crippen molar-refractivity contribution in [3.05, 3.63) is 5.82 Å². The third kappa shape index (κ3) is 3.89. The number of aromatic nitrogens is 2. The maximum absolute atomic E-state index is 10.9. The van der Waals surface area contributed by atoms with E-state index in [4.69, 9.17) is 5.11 Å². The highest BCUT2D eigenvalue weighted by molar-refractivity contribution is 7.09. The molecule has 106 valence electrons. The first kappa shape index (κ1) is 14.2. The van der Waals surface area contributed by atoms with Gasteiger partial charge in [-0.25, -0.2) is 4.98 Å². The van der Waals surface area contributed by atoms with Crippen molar-refractivity contribution in [3.8, 4) is 0 Å². The summed E-state index contributed by atoms with van der Waals surface area (Å²) in [6, 6.07) is 0. The van der Waals surface area contributed by atoms with E-state index in [1.807, 2.05) is 11.8 Å². The Hall–Kier alpha value is -1.17. The zero-order valence-electron chi connectivity index (χ0n) is 11.3. The van der Waals surface area contributed by atoms with Crippen molar-refractivity contribution in [1.82, 2.24) is 9.36 Å². The smallest absolute Gasteiger partial charge is 0.323 e. The summed E-state index contributed by atoms with van der Waals surface area (Å²) in [7, 11) is 0. The van der Waals surface area contributed by atoms with Gasteiger partial charge in [0.1, 0.15) is 12.4 Å². The van der Waals surface area contributed by atoms with Gasteiger partial charge in [-0.1, -0.05) is 26.2 Å². The van der Waals surface area contributed by atoms with Crippen LogP contribution in [0.25, 0.3) is 0 Å². The maximum Gasteiger partial charge on any atom is 0.323 e. The highest BCUT2D eigenvalue weighted by Gasteiger charge is 2.22. The molecule has 1 N–H and O–H groups in total. The molecule has 0 atom stereocenters. The summed E-state index contributed by atoms with van der Waals surface area (Å²) in [5.41, 5.74) is 0. The zero-order chi connectivity index (χ0) is 13.7.